The maximum Gasteiger partial charge on any atom is 0.348 e. The van der Waals surface area contributed by atoms with E-state index in [0.29, 0.717) is 23.1 Å². The van der Waals surface area contributed by atoms with Crippen LogP contribution in [0.1, 0.15) is 28.0 Å². The van der Waals surface area contributed by atoms with Crippen LogP contribution >= 0.6 is 27.3 Å². The summed E-state index contributed by atoms with van der Waals surface area (Å²) in [5, 5.41) is 4.18. The lowest BCUT2D eigenvalue weighted by Crippen LogP contribution is -2.03. The van der Waals surface area contributed by atoms with Gasteiger partial charge in [0.1, 0.15) is 21.3 Å². The quantitative estimate of drug-likeness (QED) is 0.619. The number of hydrogen-bond donors (Lipinski definition) is 1. The van der Waals surface area contributed by atoms with Gasteiger partial charge in [0.05, 0.1) is 12.0 Å². The van der Waals surface area contributed by atoms with Crippen molar-refractivity contribution in [3.8, 4) is 0 Å². The van der Waals surface area contributed by atoms with E-state index in [4.69, 9.17) is 4.74 Å². The average Bonchev–Trinajstić information content (AvgIpc) is 2.86. The first-order valence-electron chi connectivity index (χ1n) is 7.47. The lowest BCUT2D eigenvalue weighted by molar-refractivity contribution is 0.0531. The number of carbonyl (C=O) groups excluding carboxylic acids is 1. The Kier molecular flexibility index (Phi) is 4.82. The molecule has 3 rings (SSSR count). The number of nitrogens with zero attached hydrogens (tertiary/aromatic N) is 2. The van der Waals surface area contributed by atoms with Crippen molar-refractivity contribution in [2.45, 2.75) is 20.8 Å². The van der Waals surface area contributed by atoms with Crippen LogP contribution in [0, 0.1) is 13.8 Å². The van der Waals surface area contributed by atoms with Crippen LogP contribution in [0.2, 0.25) is 0 Å². The third-order valence-corrected chi connectivity index (χ3v) is 5.16. The van der Waals surface area contributed by atoms with Gasteiger partial charge in [-0.1, -0.05) is 15.9 Å². The number of ether oxygens (including phenoxy) is 1. The number of rotatable bonds is 4. The maximum atomic E-state index is 12.1. The van der Waals surface area contributed by atoms with Crippen molar-refractivity contribution in [1.82, 2.24) is 9.97 Å². The fourth-order valence-corrected chi connectivity index (χ4v) is 3.78. The lowest BCUT2D eigenvalue weighted by atomic mass is 10.2. The molecule has 0 atom stereocenters. The number of halogens is 1. The van der Waals surface area contributed by atoms with E-state index in [-0.39, 0.29) is 5.97 Å². The second-order valence-corrected chi connectivity index (χ2v) is 7.12. The van der Waals surface area contributed by atoms with Gasteiger partial charge in [-0.2, -0.15) is 0 Å². The summed E-state index contributed by atoms with van der Waals surface area (Å²) in [6.07, 6.45) is 0. The molecular formula is C17H16BrN3O2S. The number of thiophene rings is 1. The van der Waals surface area contributed by atoms with Crippen LogP contribution in [0.25, 0.3) is 10.2 Å². The summed E-state index contributed by atoms with van der Waals surface area (Å²) >= 11 is 4.76. The van der Waals surface area contributed by atoms with E-state index in [9.17, 15) is 4.79 Å². The molecular weight excluding hydrogens is 390 g/mol. The van der Waals surface area contributed by atoms with Gasteiger partial charge in [-0.25, -0.2) is 14.8 Å². The van der Waals surface area contributed by atoms with Gasteiger partial charge < -0.3 is 10.1 Å². The van der Waals surface area contributed by atoms with Gasteiger partial charge in [-0.15, -0.1) is 11.3 Å². The fourth-order valence-electron chi connectivity index (χ4n) is 2.40. The van der Waals surface area contributed by atoms with Crippen molar-refractivity contribution < 1.29 is 9.53 Å². The van der Waals surface area contributed by atoms with Crippen LogP contribution in [0.3, 0.4) is 0 Å². The lowest BCUT2D eigenvalue weighted by Gasteiger charge is -2.08. The Labute approximate surface area is 152 Å². The van der Waals surface area contributed by atoms with Crippen molar-refractivity contribution >= 4 is 55.0 Å². The topological polar surface area (TPSA) is 64.1 Å². The number of aromatic nitrogens is 2. The summed E-state index contributed by atoms with van der Waals surface area (Å²) < 4.78 is 6.15. The van der Waals surface area contributed by atoms with Crippen LogP contribution in [-0.2, 0) is 4.74 Å². The molecule has 0 unspecified atom stereocenters. The van der Waals surface area contributed by atoms with Crippen molar-refractivity contribution in [2.24, 2.45) is 0 Å². The predicted molar refractivity (Wildman–Crippen MR) is 100 cm³/mol. The van der Waals surface area contributed by atoms with Crippen LogP contribution in [0.15, 0.2) is 28.7 Å². The molecule has 3 aromatic rings. The fraction of sp³-hybridized carbons (Fsp3) is 0.235. The van der Waals surface area contributed by atoms with Crippen molar-refractivity contribution in [2.75, 3.05) is 11.9 Å². The maximum absolute atomic E-state index is 12.1. The first-order valence-corrected chi connectivity index (χ1v) is 9.08. The Balaban J connectivity index is 2.09. The minimum absolute atomic E-state index is 0.315. The first kappa shape index (κ1) is 16.9. The summed E-state index contributed by atoms with van der Waals surface area (Å²) in [5.41, 5.74) is 1.76. The Hall–Kier alpha value is -1.99. The Morgan fingerprint density at radius 1 is 1.25 bits per heavy atom. The van der Waals surface area contributed by atoms with E-state index in [1.807, 2.05) is 38.1 Å². The Morgan fingerprint density at radius 3 is 2.62 bits per heavy atom. The van der Waals surface area contributed by atoms with E-state index in [2.05, 4.69) is 31.2 Å². The van der Waals surface area contributed by atoms with Gasteiger partial charge >= 0.3 is 5.97 Å². The number of anilines is 2. The van der Waals surface area contributed by atoms with E-state index in [0.717, 1.165) is 25.9 Å². The molecule has 0 aliphatic carbocycles. The first-order chi connectivity index (χ1) is 11.5. The molecule has 1 N–H and O–H groups in total. The van der Waals surface area contributed by atoms with E-state index in [1.54, 1.807) is 6.92 Å². The summed E-state index contributed by atoms with van der Waals surface area (Å²) in [4.78, 5) is 22.5. The largest absolute Gasteiger partial charge is 0.462 e. The normalized spacial score (nSPS) is 10.8. The average molecular weight is 406 g/mol. The van der Waals surface area contributed by atoms with Crippen LogP contribution in [0.4, 0.5) is 11.5 Å². The molecule has 7 heteroatoms. The van der Waals surface area contributed by atoms with Gasteiger partial charge in [-0.05, 0) is 50.6 Å². The molecule has 0 amide bonds. The van der Waals surface area contributed by atoms with E-state index < -0.39 is 0 Å². The molecule has 0 radical (unpaired) electrons. The van der Waals surface area contributed by atoms with Crippen LogP contribution < -0.4 is 5.32 Å². The van der Waals surface area contributed by atoms with Crippen molar-refractivity contribution in [3.63, 3.8) is 0 Å². The molecule has 0 aliphatic heterocycles. The molecule has 0 saturated carbocycles. The smallest absolute Gasteiger partial charge is 0.348 e. The van der Waals surface area contributed by atoms with Gasteiger partial charge in [0.15, 0.2) is 0 Å². The van der Waals surface area contributed by atoms with Gasteiger partial charge in [0, 0.05) is 10.2 Å². The molecule has 0 saturated heterocycles. The minimum Gasteiger partial charge on any atom is -0.462 e. The summed E-state index contributed by atoms with van der Waals surface area (Å²) in [6.45, 7) is 5.88. The second kappa shape index (κ2) is 6.86. The number of fused-ring (bicyclic) bond motifs is 1. The molecule has 0 spiro atoms. The number of hydrogen-bond acceptors (Lipinski definition) is 6. The predicted octanol–water partition coefficient (Wildman–Crippen LogP) is 4.99. The van der Waals surface area contributed by atoms with Crippen molar-refractivity contribution in [1.29, 1.82) is 0 Å². The zero-order chi connectivity index (χ0) is 17.3. The van der Waals surface area contributed by atoms with Crippen LogP contribution in [-0.4, -0.2) is 22.5 Å². The molecule has 0 fully saturated rings. The number of nitrogens with one attached hydrogen (secondary N) is 1. The molecule has 124 valence electrons. The zero-order valence-corrected chi connectivity index (χ0v) is 15.9. The highest BCUT2D eigenvalue weighted by Crippen LogP contribution is 2.35. The summed E-state index contributed by atoms with van der Waals surface area (Å²) in [7, 11) is 0. The van der Waals surface area contributed by atoms with E-state index >= 15 is 0 Å². The SMILES string of the molecule is CCOC(=O)c1sc2nc(C)nc(Nc3ccc(Br)cc3)c2c1C. The molecule has 24 heavy (non-hydrogen) atoms. The van der Waals surface area contributed by atoms with Gasteiger partial charge in [0.2, 0.25) is 0 Å². The number of esters is 1. The number of aryl methyl sites for hydroxylation is 2. The molecule has 2 heterocycles. The Bertz CT molecular complexity index is 906. The highest BCUT2D eigenvalue weighted by atomic mass is 79.9. The summed E-state index contributed by atoms with van der Waals surface area (Å²) in [5.74, 6) is 1.04. The van der Waals surface area contributed by atoms with Crippen molar-refractivity contribution in [3.05, 3.63) is 45.0 Å². The highest BCUT2D eigenvalue weighted by Gasteiger charge is 2.21. The third-order valence-electron chi connectivity index (χ3n) is 3.47. The minimum atomic E-state index is -0.315. The Morgan fingerprint density at radius 2 is 1.96 bits per heavy atom. The molecule has 1 aromatic carbocycles. The van der Waals surface area contributed by atoms with Gasteiger partial charge in [0.25, 0.3) is 0 Å². The van der Waals surface area contributed by atoms with Crippen LogP contribution in [0.5, 0.6) is 0 Å². The monoisotopic (exact) mass is 405 g/mol. The number of carbonyl (C=O) groups is 1. The second-order valence-electron chi connectivity index (χ2n) is 5.21. The molecule has 0 aliphatic rings. The molecule has 2 aromatic heterocycles. The van der Waals surface area contributed by atoms with E-state index in [1.165, 1.54) is 11.3 Å². The standard InChI is InChI=1S/C17H16BrN3O2S/c1-4-23-17(22)14-9(2)13-15(19-10(3)20-16(13)24-14)21-12-7-5-11(18)6-8-12/h5-8H,4H2,1-3H3,(H,19,20,21). The third kappa shape index (κ3) is 3.27. The highest BCUT2D eigenvalue weighted by molar-refractivity contribution is 9.10. The summed E-state index contributed by atoms with van der Waals surface area (Å²) in [6, 6.07) is 7.83. The number of benzene rings is 1. The zero-order valence-electron chi connectivity index (χ0n) is 13.5. The molecule has 5 nitrogen and oxygen atoms in total. The molecule has 0 bridgehead atoms. The van der Waals surface area contributed by atoms with Gasteiger partial charge in [-0.3, -0.25) is 0 Å².